The topological polar surface area (TPSA) is 82.1 Å². The first-order chi connectivity index (χ1) is 15.3. The molecule has 32 heavy (non-hydrogen) atoms. The minimum atomic E-state index is -0.479. The molecule has 10 heteroatoms. The van der Waals surface area contributed by atoms with Crippen LogP contribution >= 0.6 is 50.3 Å². The summed E-state index contributed by atoms with van der Waals surface area (Å²) in [5, 5.41) is -0.326. The summed E-state index contributed by atoms with van der Waals surface area (Å²) in [6, 6.07) is 10.9. The summed E-state index contributed by atoms with van der Waals surface area (Å²) < 4.78 is 17.4. The Kier molecular flexibility index (Phi) is 8.60. The molecule has 0 atom stereocenters. The van der Waals surface area contributed by atoms with Gasteiger partial charge in [0, 0.05) is 4.47 Å². The van der Waals surface area contributed by atoms with Gasteiger partial charge in [0.05, 0.1) is 28.7 Å². The van der Waals surface area contributed by atoms with Crippen molar-refractivity contribution in [3.05, 3.63) is 60.5 Å². The Bertz CT molecular complexity index is 1090. The Balaban J connectivity index is 1.81. The molecule has 1 heterocycles. The Morgan fingerprint density at radius 2 is 2.00 bits per heavy atom. The van der Waals surface area contributed by atoms with Crippen LogP contribution in [0.1, 0.15) is 18.1 Å². The summed E-state index contributed by atoms with van der Waals surface area (Å²) in [6.45, 7) is 1.93. The van der Waals surface area contributed by atoms with Crippen molar-refractivity contribution in [1.29, 1.82) is 0 Å². The summed E-state index contributed by atoms with van der Waals surface area (Å²) >= 11 is 6.40. The van der Waals surface area contributed by atoms with Crippen LogP contribution in [0.5, 0.6) is 11.5 Å². The smallest absolute Gasteiger partial charge is 0.344 e. The van der Waals surface area contributed by atoms with Gasteiger partial charge in [0.2, 0.25) is 0 Å². The van der Waals surface area contributed by atoms with Crippen LogP contribution in [0.15, 0.2) is 45.8 Å². The molecular formula is C22H19BrINO6S. The van der Waals surface area contributed by atoms with Gasteiger partial charge in [-0.25, -0.2) is 4.79 Å². The zero-order valence-electron chi connectivity index (χ0n) is 17.2. The number of benzene rings is 2. The number of carbonyl (C=O) groups is 3. The maximum Gasteiger partial charge on any atom is 0.344 e. The Labute approximate surface area is 211 Å². The second-order valence-electron chi connectivity index (χ2n) is 6.49. The highest BCUT2D eigenvalue weighted by Crippen LogP contribution is 2.38. The summed E-state index contributed by atoms with van der Waals surface area (Å²) in [4.78, 5) is 38.5. The molecule has 3 rings (SSSR count). The van der Waals surface area contributed by atoms with E-state index in [4.69, 9.17) is 14.2 Å². The standard InChI is InChI=1S/C22H19BrINO6S/c1-3-30-19(26)12-31-20-16(24)8-13(9-17(20)29-2)10-18-21(27)25(22(28)32-18)11-14-6-4-5-7-15(14)23/h4-10H,3,11-12H2,1-2H3/b18-10+. The van der Waals surface area contributed by atoms with Crippen molar-refractivity contribution in [1.82, 2.24) is 4.90 Å². The minimum Gasteiger partial charge on any atom is -0.493 e. The summed E-state index contributed by atoms with van der Waals surface area (Å²) in [7, 11) is 1.48. The van der Waals surface area contributed by atoms with Crippen LogP contribution in [0.2, 0.25) is 0 Å². The third kappa shape index (κ3) is 5.84. The highest BCUT2D eigenvalue weighted by Gasteiger charge is 2.35. The first-order valence-electron chi connectivity index (χ1n) is 9.48. The molecule has 2 aromatic carbocycles. The summed E-state index contributed by atoms with van der Waals surface area (Å²) in [5.41, 5.74) is 1.51. The number of carbonyl (C=O) groups excluding carboxylic acids is 3. The molecule has 7 nitrogen and oxygen atoms in total. The molecule has 0 radical (unpaired) electrons. The second-order valence-corrected chi connectivity index (χ2v) is 9.50. The molecule has 1 aliphatic rings. The van der Waals surface area contributed by atoms with Gasteiger partial charge in [0.15, 0.2) is 18.1 Å². The monoisotopic (exact) mass is 631 g/mol. The number of hydrogen-bond acceptors (Lipinski definition) is 7. The number of hydrogen-bond donors (Lipinski definition) is 0. The fraction of sp³-hybridized carbons (Fsp3) is 0.227. The zero-order chi connectivity index (χ0) is 23.3. The lowest BCUT2D eigenvalue weighted by atomic mass is 10.1. The van der Waals surface area contributed by atoms with E-state index in [-0.39, 0.29) is 30.9 Å². The van der Waals surface area contributed by atoms with Crippen molar-refractivity contribution >= 4 is 73.5 Å². The zero-order valence-corrected chi connectivity index (χ0v) is 21.8. The maximum absolute atomic E-state index is 12.9. The Hall–Kier alpha value is -2.05. The normalized spacial score (nSPS) is 14.8. The second kappa shape index (κ2) is 11.2. The molecule has 2 aromatic rings. The average Bonchev–Trinajstić information content (AvgIpc) is 3.01. The SMILES string of the molecule is CCOC(=O)COc1c(I)cc(/C=C2/SC(=O)N(Cc3ccccc3Br)C2=O)cc1OC. The highest BCUT2D eigenvalue weighted by atomic mass is 127. The van der Waals surface area contributed by atoms with Crippen molar-refractivity contribution < 1.29 is 28.6 Å². The molecule has 1 saturated heterocycles. The molecule has 0 spiro atoms. The molecule has 0 bridgehead atoms. The van der Waals surface area contributed by atoms with Gasteiger partial charge in [0.1, 0.15) is 0 Å². The number of nitrogens with zero attached hydrogens (tertiary/aromatic N) is 1. The van der Waals surface area contributed by atoms with Gasteiger partial charge in [-0.3, -0.25) is 14.5 Å². The molecule has 0 N–H and O–H groups in total. The summed E-state index contributed by atoms with van der Waals surface area (Å²) in [6.07, 6.45) is 1.64. The first kappa shape index (κ1) is 24.6. The molecule has 0 unspecified atom stereocenters. The molecule has 0 aromatic heterocycles. The van der Waals surface area contributed by atoms with Gasteiger partial charge >= 0.3 is 5.97 Å². The van der Waals surface area contributed by atoms with E-state index >= 15 is 0 Å². The van der Waals surface area contributed by atoms with Crippen LogP contribution in [0.3, 0.4) is 0 Å². The third-order valence-corrected chi connectivity index (χ3v) is 6.83. The molecule has 168 valence electrons. The number of rotatable bonds is 8. The molecule has 1 fully saturated rings. The van der Waals surface area contributed by atoms with E-state index in [2.05, 4.69) is 38.5 Å². The molecule has 0 saturated carbocycles. The van der Waals surface area contributed by atoms with E-state index in [1.807, 2.05) is 24.3 Å². The van der Waals surface area contributed by atoms with Crippen LogP contribution < -0.4 is 9.47 Å². The maximum atomic E-state index is 12.9. The number of halogens is 2. The van der Waals surface area contributed by atoms with E-state index in [0.717, 1.165) is 21.8 Å². The largest absolute Gasteiger partial charge is 0.493 e. The van der Waals surface area contributed by atoms with Crippen molar-refractivity contribution in [3.8, 4) is 11.5 Å². The van der Waals surface area contributed by atoms with Crippen molar-refractivity contribution in [2.45, 2.75) is 13.5 Å². The molecule has 0 aliphatic carbocycles. The van der Waals surface area contributed by atoms with Crippen LogP contribution in [-0.2, 0) is 20.9 Å². The minimum absolute atomic E-state index is 0.185. The fourth-order valence-electron chi connectivity index (χ4n) is 2.88. The van der Waals surface area contributed by atoms with Crippen LogP contribution in [0, 0.1) is 3.57 Å². The lowest BCUT2D eigenvalue weighted by Gasteiger charge is -2.14. The fourth-order valence-corrected chi connectivity index (χ4v) is 4.91. The van der Waals surface area contributed by atoms with Crippen molar-refractivity contribution in [2.75, 3.05) is 20.3 Å². The lowest BCUT2D eigenvalue weighted by molar-refractivity contribution is -0.145. The van der Waals surface area contributed by atoms with E-state index in [1.165, 1.54) is 12.0 Å². The van der Waals surface area contributed by atoms with Crippen molar-refractivity contribution in [2.24, 2.45) is 0 Å². The number of ether oxygens (including phenoxy) is 3. The highest BCUT2D eigenvalue weighted by molar-refractivity contribution is 14.1. The van der Waals surface area contributed by atoms with E-state index in [0.29, 0.717) is 25.5 Å². The van der Waals surface area contributed by atoms with Crippen LogP contribution in [-0.4, -0.2) is 42.3 Å². The van der Waals surface area contributed by atoms with Gasteiger partial charge in [0.25, 0.3) is 11.1 Å². The van der Waals surface area contributed by atoms with E-state index in [1.54, 1.807) is 25.1 Å². The summed E-state index contributed by atoms with van der Waals surface area (Å²) in [5.74, 6) is -0.0271. The van der Waals surface area contributed by atoms with Crippen molar-refractivity contribution in [3.63, 3.8) is 0 Å². The molecule has 2 amide bonds. The first-order valence-corrected chi connectivity index (χ1v) is 12.2. The van der Waals surface area contributed by atoms with Gasteiger partial charge in [-0.2, -0.15) is 0 Å². The van der Waals surface area contributed by atoms with Gasteiger partial charge < -0.3 is 14.2 Å². The number of thioether (sulfide) groups is 1. The van der Waals surface area contributed by atoms with E-state index < -0.39 is 5.97 Å². The van der Waals surface area contributed by atoms with Gasteiger partial charge in [-0.15, -0.1) is 0 Å². The Morgan fingerprint density at radius 1 is 1.25 bits per heavy atom. The van der Waals surface area contributed by atoms with Gasteiger partial charge in [-0.05, 0) is 76.7 Å². The Morgan fingerprint density at radius 3 is 2.69 bits per heavy atom. The number of amides is 2. The average molecular weight is 632 g/mol. The molecular weight excluding hydrogens is 613 g/mol. The quantitative estimate of drug-likeness (QED) is 0.224. The van der Waals surface area contributed by atoms with Crippen LogP contribution in [0.4, 0.5) is 4.79 Å². The van der Waals surface area contributed by atoms with Gasteiger partial charge in [-0.1, -0.05) is 34.1 Å². The number of esters is 1. The third-order valence-electron chi connectivity index (χ3n) is 4.35. The number of imide groups is 1. The lowest BCUT2D eigenvalue weighted by Crippen LogP contribution is -2.27. The predicted octanol–water partition coefficient (Wildman–Crippen LogP) is 5.24. The van der Waals surface area contributed by atoms with E-state index in [9.17, 15) is 14.4 Å². The van der Waals surface area contributed by atoms with Crippen LogP contribution in [0.25, 0.3) is 6.08 Å². The predicted molar refractivity (Wildman–Crippen MR) is 133 cm³/mol. The molecule has 1 aliphatic heterocycles. The number of methoxy groups -OCH3 is 1.